The maximum absolute atomic E-state index is 14.0. The van der Waals surface area contributed by atoms with E-state index in [1.807, 2.05) is 0 Å². The summed E-state index contributed by atoms with van der Waals surface area (Å²) in [5.41, 5.74) is 1.67. The van der Waals surface area contributed by atoms with Gasteiger partial charge >= 0.3 is 5.97 Å². The van der Waals surface area contributed by atoms with Gasteiger partial charge < -0.3 is 14.0 Å². The Balaban J connectivity index is 2.05. The number of aryl methyl sites for hydroxylation is 2. The average molecular weight is 477 g/mol. The van der Waals surface area contributed by atoms with Crippen LogP contribution in [0.25, 0.3) is 11.1 Å². The van der Waals surface area contributed by atoms with Gasteiger partial charge in [-0.2, -0.15) is 0 Å². The lowest BCUT2D eigenvalue weighted by Gasteiger charge is -2.18. The summed E-state index contributed by atoms with van der Waals surface area (Å²) in [6.45, 7) is 6.50. The predicted molar refractivity (Wildman–Crippen MR) is 119 cm³/mol. The highest BCUT2D eigenvalue weighted by molar-refractivity contribution is 7.89. The molecule has 0 radical (unpaired) electrons. The van der Waals surface area contributed by atoms with Gasteiger partial charge in [0.05, 0.1) is 19.3 Å². The van der Waals surface area contributed by atoms with Crippen molar-refractivity contribution in [2.24, 2.45) is 0 Å². The fourth-order valence-corrected chi connectivity index (χ4v) is 5.11. The zero-order valence-electron chi connectivity index (χ0n) is 18.9. The van der Waals surface area contributed by atoms with Crippen molar-refractivity contribution >= 4 is 16.0 Å². The minimum absolute atomic E-state index is 0.0268. The van der Waals surface area contributed by atoms with Gasteiger partial charge in [0.2, 0.25) is 10.0 Å². The van der Waals surface area contributed by atoms with Crippen molar-refractivity contribution in [1.29, 1.82) is 0 Å². The van der Waals surface area contributed by atoms with Crippen LogP contribution in [0, 0.1) is 19.7 Å². The van der Waals surface area contributed by atoms with E-state index >= 15 is 0 Å². The van der Waals surface area contributed by atoms with Gasteiger partial charge in [-0.15, -0.1) is 0 Å². The summed E-state index contributed by atoms with van der Waals surface area (Å²) in [7, 11) is -2.49. The number of halogens is 1. The fraction of sp³-hybridized carbons (Fsp3) is 0.304. The van der Waals surface area contributed by atoms with E-state index in [2.05, 4.69) is 9.88 Å². The van der Waals surface area contributed by atoms with Crippen molar-refractivity contribution in [2.75, 3.05) is 13.7 Å². The zero-order chi connectivity index (χ0) is 24.3. The zero-order valence-corrected chi connectivity index (χ0v) is 19.7. The van der Waals surface area contributed by atoms with E-state index in [-0.39, 0.29) is 28.5 Å². The van der Waals surface area contributed by atoms with E-state index in [0.717, 1.165) is 0 Å². The number of esters is 1. The summed E-state index contributed by atoms with van der Waals surface area (Å²) in [6.07, 6.45) is 0. The second-order valence-electron chi connectivity index (χ2n) is 7.37. The van der Waals surface area contributed by atoms with Crippen LogP contribution in [0.1, 0.15) is 47.3 Å². The number of carbonyl (C=O) groups is 1. The van der Waals surface area contributed by atoms with E-state index in [9.17, 15) is 17.6 Å². The number of hydrogen-bond donors (Lipinski definition) is 1. The smallest absolute Gasteiger partial charge is 0.338 e. The molecule has 1 aromatic heterocycles. The van der Waals surface area contributed by atoms with Crippen molar-refractivity contribution in [3.05, 3.63) is 64.8 Å². The average Bonchev–Trinajstić information content (AvgIpc) is 3.12. The van der Waals surface area contributed by atoms with Gasteiger partial charge in [0.1, 0.15) is 22.2 Å². The van der Waals surface area contributed by atoms with E-state index in [4.69, 9.17) is 14.0 Å². The van der Waals surface area contributed by atoms with Gasteiger partial charge in [-0.1, -0.05) is 17.3 Å². The van der Waals surface area contributed by atoms with Crippen molar-refractivity contribution in [1.82, 2.24) is 9.88 Å². The Kier molecular flexibility index (Phi) is 7.19. The number of nitrogens with zero attached hydrogens (tertiary/aromatic N) is 1. The van der Waals surface area contributed by atoms with Crippen LogP contribution in [0.4, 0.5) is 4.39 Å². The SMILES string of the molecule is CCOC(=O)c1cc(C(C)NS(=O)(=O)c2c(C)noc2C)ccc1-c1cc(F)ccc1OC. The largest absolute Gasteiger partial charge is 0.496 e. The first-order valence-corrected chi connectivity index (χ1v) is 11.7. The van der Waals surface area contributed by atoms with Gasteiger partial charge in [0.15, 0.2) is 5.76 Å². The van der Waals surface area contributed by atoms with Crippen molar-refractivity contribution in [3.63, 3.8) is 0 Å². The van der Waals surface area contributed by atoms with Crippen molar-refractivity contribution in [2.45, 2.75) is 38.6 Å². The molecule has 0 bridgehead atoms. The number of rotatable bonds is 8. The van der Waals surface area contributed by atoms with E-state index in [1.54, 1.807) is 26.0 Å². The molecule has 1 heterocycles. The number of ether oxygens (including phenoxy) is 2. The summed E-state index contributed by atoms with van der Waals surface area (Å²) in [5.74, 6) is -0.568. The maximum atomic E-state index is 14.0. The first-order chi connectivity index (χ1) is 15.6. The third-order valence-electron chi connectivity index (χ3n) is 5.06. The highest BCUT2D eigenvalue weighted by Crippen LogP contribution is 2.35. The van der Waals surface area contributed by atoms with Crippen LogP contribution in [0.15, 0.2) is 45.8 Å². The molecule has 1 atom stereocenters. The molecule has 8 nitrogen and oxygen atoms in total. The summed E-state index contributed by atoms with van der Waals surface area (Å²) in [4.78, 5) is 12.7. The fourth-order valence-electron chi connectivity index (χ4n) is 3.55. The van der Waals surface area contributed by atoms with Crippen LogP contribution in [0.2, 0.25) is 0 Å². The molecule has 33 heavy (non-hydrogen) atoms. The number of benzene rings is 2. The molecule has 0 saturated carbocycles. The van der Waals surface area contributed by atoms with Crippen LogP contribution in [0.3, 0.4) is 0 Å². The van der Waals surface area contributed by atoms with Gasteiger partial charge in [0.25, 0.3) is 0 Å². The molecule has 0 aliphatic rings. The first-order valence-electron chi connectivity index (χ1n) is 10.2. The number of methoxy groups -OCH3 is 1. The molecule has 0 aliphatic heterocycles. The summed E-state index contributed by atoms with van der Waals surface area (Å²) in [6, 6.07) is 8.07. The molecule has 0 aliphatic carbocycles. The lowest BCUT2D eigenvalue weighted by atomic mass is 9.95. The number of nitrogens with one attached hydrogen (secondary N) is 1. The molecule has 1 unspecified atom stereocenters. The number of aromatic nitrogens is 1. The van der Waals surface area contributed by atoms with Gasteiger partial charge in [-0.05, 0) is 63.1 Å². The predicted octanol–water partition coefficient (Wildman–Crippen LogP) is 4.32. The molecule has 0 spiro atoms. The Bertz CT molecular complexity index is 1270. The lowest BCUT2D eigenvalue weighted by Crippen LogP contribution is -2.28. The van der Waals surface area contributed by atoms with Crippen molar-refractivity contribution in [3.8, 4) is 16.9 Å². The Morgan fingerprint density at radius 3 is 2.52 bits per heavy atom. The summed E-state index contributed by atoms with van der Waals surface area (Å²) < 4.78 is 57.8. The van der Waals surface area contributed by atoms with Crippen LogP contribution in [-0.2, 0) is 14.8 Å². The molecule has 3 aromatic rings. The van der Waals surface area contributed by atoms with Gasteiger partial charge in [-0.3, -0.25) is 0 Å². The third kappa shape index (κ3) is 5.07. The number of carbonyl (C=O) groups excluding carboxylic acids is 1. The quantitative estimate of drug-likeness (QED) is 0.482. The molecule has 0 fully saturated rings. The van der Waals surface area contributed by atoms with E-state index in [1.165, 1.54) is 45.2 Å². The maximum Gasteiger partial charge on any atom is 0.338 e. The monoisotopic (exact) mass is 476 g/mol. The second-order valence-corrected chi connectivity index (χ2v) is 9.02. The lowest BCUT2D eigenvalue weighted by molar-refractivity contribution is 0.0527. The molecule has 176 valence electrons. The number of hydrogen-bond acceptors (Lipinski definition) is 7. The van der Waals surface area contributed by atoms with Crippen LogP contribution < -0.4 is 9.46 Å². The molecule has 0 amide bonds. The molecule has 1 N–H and O–H groups in total. The van der Waals surface area contributed by atoms with Crippen LogP contribution in [-0.4, -0.2) is 33.3 Å². The minimum atomic E-state index is -3.94. The Hall–Kier alpha value is -3.24. The van der Waals surface area contributed by atoms with Crippen molar-refractivity contribution < 1.29 is 31.6 Å². The first kappa shape index (κ1) is 24.4. The molecule has 10 heteroatoms. The summed E-state index contributed by atoms with van der Waals surface area (Å²) in [5, 5.41) is 3.69. The second kappa shape index (κ2) is 9.72. The number of sulfonamides is 1. The Labute approximate surface area is 191 Å². The third-order valence-corrected chi connectivity index (χ3v) is 6.84. The summed E-state index contributed by atoms with van der Waals surface area (Å²) >= 11 is 0. The van der Waals surface area contributed by atoms with Gasteiger partial charge in [0, 0.05) is 11.6 Å². The van der Waals surface area contributed by atoms with E-state index < -0.39 is 27.9 Å². The standard InChI is InChI=1S/C23H25FN2O6S/c1-6-31-23(27)20-11-16(7-9-18(20)19-12-17(24)8-10-21(19)30-5)13(2)26-33(28,29)22-14(3)25-32-15(22)4/h7-13,26H,6H2,1-5H3. The molecular formula is C23H25FN2O6S. The highest BCUT2D eigenvalue weighted by atomic mass is 32.2. The van der Waals surface area contributed by atoms with Crippen LogP contribution in [0.5, 0.6) is 5.75 Å². The Morgan fingerprint density at radius 2 is 1.91 bits per heavy atom. The molecule has 3 rings (SSSR count). The highest BCUT2D eigenvalue weighted by Gasteiger charge is 2.27. The molecule has 2 aromatic carbocycles. The van der Waals surface area contributed by atoms with Crippen LogP contribution >= 0.6 is 0 Å². The Morgan fingerprint density at radius 1 is 1.18 bits per heavy atom. The molecular weight excluding hydrogens is 451 g/mol. The van der Waals surface area contributed by atoms with E-state index in [0.29, 0.717) is 22.4 Å². The van der Waals surface area contributed by atoms with Gasteiger partial charge in [-0.25, -0.2) is 22.3 Å². The topological polar surface area (TPSA) is 108 Å². The normalized spacial score (nSPS) is 12.4. The minimum Gasteiger partial charge on any atom is -0.496 e. The molecule has 0 saturated heterocycles.